The molecule has 2 fully saturated rings. The van der Waals surface area contributed by atoms with Gasteiger partial charge in [0.1, 0.15) is 5.82 Å². The number of amides is 1. The van der Waals surface area contributed by atoms with E-state index in [9.17, 15) is 9.18 Å². The number of hydrogen-bond acceptors (Lipinski definition) is 2. The smallest absolute Gasteiger partial charge is 0.233 e. The Balaban J connectivity index is 1.83. The van der Waals surface area contributed by atoms with E-state index in [2.05, 4.69) is 18.7 Å². The quantitative estimate of drug-likeness (QED) is 0.845. The van der Waals surface area contributed by atoms with Gasteiger partial charge in [-0.25, -0.2) is 4.39 Å². The lowest BCUT2D eigenvalue weighted by Crippen LogP contribution is -2.56. The molecule has 132 valence electrons. The van der Waals surface area contributed by atoms with Crippen LogP contribution in [-0.4, -0.2) is 47.9 Å². The van der Waals surface area contributed by atoms with Crippen molar-refractivity contribution in [3.05, 3.63) is 35.6 Å². The lowest BCUT2D eigenvalue weighted by atomic mass is 9.68. The van der Waals surface area contributed by atoms with E-state index >= 15 is 0 Å². The lowest BCUT2D eigenvalue weighted by Gasteiger charge is -2.44. The maximum absolute atomic E-state index is 13.8. The summed E-state index contributed by atoms with van der Waals surface area (Å²) < 4.78 is 13.8. The van der Waals surface area contributed by atoms with Gasteiger partial charge in [-0.3, -0.25) is 9.69 Å². The fourth-order valence-corrected chi connectivity index (χ4v) is 4.31. The van der Waals surface area contributed by atoms with Crippen LogP contribution in [0, 0.1) is 5.82 Å². The molecule has 1 aliphatic heterocycles. The molecule has 1 saturated heterocycles. The number of carbonyl (C=O) groups is 1. The Kier molecular flexibility index (Phi) is 5.24. The van der Waals surface area contributed by atoms with Crippen LogP contribution in [0.4, 0.5) is 4.39 Å². The van der Waals surface area contributed by atoms with E-state index in [0.717, 1.165) is 57.4 Å². The van der Waals surface area contributed by atoms with Crippen molar-refractivity contribution in [1.29, 1.82) is 0 Å². The molecular weight excluding hydrogens is 303 g/mol. The number of carbonyl (C=O) groups excluding carboxylic acids is 1. The van der Waals surface area contributed by atoms with Crippen LogP contribution in [0.5, 0.6) is 0 Å². The Hall–Kier alpha value is -1.42. The molecule has 0 N–H and O–H groups in total. The number of piperazine rings is 1. The third kappa shape index (κ3) is 3.34. The summed E-state index contributed by atoms with van der Waals surface area (Å²) in [5.41, 5.74) is 0.360. The zero-order valence-electron chi connectivity index (χ0n) is 14.9. The highest BCUT2D eigenvalue weighted by Gasteiger charge is 2.44. The van der Waals surface area contributed by atoms with Gasteiger partial charge in [-0.05, 0) is 44.4 Å². The lowest BCUT2D eigenvalue weighted by molar-refractivity contribution is -0.141. The van der Waals surface area contributed by atoms with Crippen LogP contribution < -0.4 is 0 Å². The summed E-state index contributed by atoms with van der Waals surface area (Å²) >= 11 is 0. The number of halogens is 1. The van der Waals surface area contributed by atoms with E-state index in [1.54, 1.807) is 12.1 Å². The third-order valence-electron chi connectivity index (χ3n) is 5.83. The van der Waals surface area contributed by atoms with Crippen LogP contribution in [0.2, 0.25) is 0 Å². The van der Waals surface area contributed by atoms with Crippen molar-refractivity contribution in [3.8, 4) is 0 Å². The zero-order valence-corrected chi connectivity index (χ0v) is 14.9. The second kappa shape index (κ2) is 7.22. The van der Waals surface area contributed by atoms with Gasteiger partial charge in [0.15, 0.2) is 0 Å². The molecule has 0 radical (unpaired) electrons. The van der Waals surface area contributed by atoms with E-state index < -0.39 is 5.41 Å². The fraction of sp³-hybridized carbons (Fsp3) is 0.650. The van der Waals surface area contributed by atoms with Crippen LogP contribution in [0.3, 0.4) is 0 Å². The normalized spacial score (nSPS) is 21.9. The van der Waals surface area contributed by atoms with Crippen molar-refractivity contribution in [2.75, 3.05) is 26.2 Å². The summed E-state index contributed by atoms with van der Waals surface area (Å²) in [6.45, 7) is 7.84. The van der Waals surface area contributed by atoms with Crippen LogP contribution >= 0.6 is 0 Å². The van der Waals surface area contributed by atoms with Gasteiger partial charge in [-0.15, -0.1) is 0 Å². The molecule has 24 heavy (non-hydrogen) atoms. The Bertz CT molecular complexity index is 573. The van der Waals surface area contributed by atoms with Gasteiger partial charge >= 0.3 is 0 Å². The molecule has 1 aromatic rings. The van der Waals surface area contributed by atoms with Gasteiger partial charge in [-0.1, -0.05) is 31.4 Å². The second-order valence-electron chi connectivity index (χ2n) is 7.58. The summed E-state index contributed by atoms with van der Waals surface area (Å²) in [4.78, 5) is 17.9. The Morgan fingerprint density at radius 1 is 1.08 bits per heavy atom. The van der Waals surface area contributed by atoms with Gasteiger partial charge in [0.2, 0.25) is 5.91 Å². The summed E-state index contributed by atoms with van der Waals surface area (Å²) in [5.74, 6) is -0.0221. The van der Waals surface area contributed by atoms with Crippen molar-refractivity contribution in [2.45, 2.75) is 57.4 Å². The molecule has 3 nitrogen and oxygen atoms in total. The summed E-state index contributed by atoms with van der Waals surface area (Å²) in [6, 6.07) is 7.25. The minimum atomic E-state index is -0.514. The molecule has 2 aliphatic rings. The second-order valence-corrected chi connectivity index (χ2v) is 7.58. The molecule has 1 aliphatic carbocycles. The predicted octanol–water partition coefficient (Wildman–Crippen LogP) is 3.58. The van der Waals surface area contributed by atoms with E-state index in [4.69, 9.17) is 0 Å². The summed E-state index contributed by atoms with van der Waals surface area (Å²) in [5, 5.41) is 0. The molecule has 4 heteroatoms. The Labute approximate surface area is 144 Å². The molecule has 1 saturated carbocycles. The van der Waals surface area contributed by atoms with E-state index in [1.165, 1.54) is 12.5 Å². The van der Waals surface area contributed by atoms with E-state index in [0.29, 0.717) is 6.04 Å². The molecule has 3 rings (SSSR count). The van der Waals surface area contributed by atoms with Gasteiger partial charge in [0.05, 0.1) is 5.41 Å². The highest BCUT2D eigenvalue weighted by Crippen LogP contribution is 2.41. The molecule has 1 aromatic carbocycles. The Morgan fingerprint density at radius 3 is 2.33 bits per heavy atom. The van der Waals surface area contributed by atoms with E-state index in [1.807, 2.05) is 11.0 Å². The molecule has 0 bridgehead atoms. The standard InChI is InChI=1S/C20H29FN2O/c1-16(2)22-11-13-23(14-12-22)19(24)20(9-4-3-5-10-20)17-7-6-8-18(21)15-17/h6-8,15-16H,3-5,9-14H2,1-2H3. The first-order valence-electron chi connectivity index (χ1n) is 9.32. The molecule has 0 atom stereocenters. The molecule has 0 spiro atoms. The number of rotatable bonds is 3. The Morgan fingerprint density at radius 2 is 1.75 bits per heavy atom. The fourth-order valence-electron chi connectivity index (χ4n) is 4.31. The highest BCUT2D eigenvalue weighted by atomic mass is 19.1. The van der Waals surface area contributed by atoms with Gasteiger partial charge in [-0.2, -0.15) is 0 Å². The third-order valence-corrected chi connectivity index (χ3v) is 5.83. The van der Waals surface area contributed by atoms with Crippen LogP contribution in [0.1, 0.15) is 51.5 Å². The maximum atomic E-state index is 13.8. The van der Waals surface area contributed by atoms with Crippen LogP contribution in [0.25, 0.3) is 0 Å². The SMILES string of the molecule is CC(C)N1CCN(C(=O)C2(c3cccc(F)c3)CCCCC2)CC1. The van der Waals surface area contributed by atoms with Crippen molar-refractivity contribution in [3.63, 3.8) is 0 Å². The monoisotopic (exact) mass is 332 g/mol. The highest BCUT2D eigenvalue weighted by molar-refractivity contribution is 5.88. The minimum Gasteiger partial charge on any atom is -0.339 e. The van der Waals surface area contributed by atoms with Crippen molar-refractivity contribution in [1.82, 2.24) is 9.80 Å². The summed E-state index contributed by atoms with van der Waals surface area (Å²) in [7, 11) is 0. The maximum Gasteiger partial charge on any atom is 0.233 e. The van der Waals surface area contributed by atoms with Crippen LogP contribution in [0.15, 0.2) is 24.3 Å². The van der Waals surface area contributed by atoms with Gasteiger partial charge in [0, 0.05) is 32.2 Å². The van der Waals surface area contributed by atoms with Gasteiger partial charge in [0.25, 0.3) is 0 Å². The molecule has 0 unspecified atom stereocenters. The molecule has 1 heterocycles. The predicted molar refractivity (Wildman–Crippen MR) is 94.5 cm³/mol. The topological polar surface area (TPSA) is 23.6 Å². The van der Waals surface area contributed by atoms with Crippen LogP contribution in [-0.2, 0) is 10.2 Å². The average Bonchev–Trinajstić information content (AvgIpc) is 2.62. The largest absolute Gasteiger partial charge is 0.339 e. The first-order valence-corrected chi connectivity index (χ1v) is 9.32. The minimum absolute atomic E-state index is 0.219. The molecule has 1 amide bonds. The zero-order chi connectivity index (χ0) is 17.2. The summed E-state index contributed by atoms with van der Waals surface area (Å²) in [6.07, 6.45) is 4.97. The van der Waals surface area contributed by atoms with Crippen molar-refractivity contribution in [2.24, 2.45) is 0 Å². The number of hydrogen-bond donors (Lipinski definition) is 0. The average molecular weight is 332 g/mol. The molecular formula is C20H29FN2O. The number of nitrogens with zero attached hydrogens (tertiary/aromatic N) is 2. The first kappa shape index (κ1) is 17.4. The number of benzene rings is 1. The van der Waals surface area contributed by atoms with E-state index in [-0.39, 0.29) is 11.7 Å². The first-order chi connectivity index (χ1) is 11.5. The van der Waals surface area contributed by atoms with Gasteiger partial charge < -0.3 is 4.90 Å². The van der Waals surface area contributed by atoms with Crippen molar-refractivity contribution < 1.29 is 9.18 Å². The van der Waals surface area contributed by atoms with Crippen molar-refractivity contribution >= 4 is 5.91 Å². The molecule has 0 aromatic heterocycles.